The molecule has 0 radical (unpaired) electrons. The molecule has 4 nitrogen and oxygen atoms in total. The van der Waals surface area contributed by atoms with Gasteiger partial charge in [-0.25, -0.2) is 0 Å². The first-order valence-corrected chi connectivity index (χ1v) is 6.20. The summed E-state index contributed by atoms with van der Waals surface area (Å²) in [6.45, 7) is 6.54. The van der Waals surface area contributed by atoms with Crippen LogP contribution in [-0.2, 0) is 9.53 Å². The normalized spacial score (nSPS) is 23.2. The molecule has 0 aliphatic carbocycles. The Morgan fingerprint density at radius 2 is 2.00 bits per heavy atom. The first kappa shape index (κ1) is 13.1. The van der Waals surface area contributed by atoms with E-state index in [0.717, 1.165) is 5.69 Å². The molecule has 1 atom stereocenters. The number of nitrogens with two attached hydrogens (primary N) is 1. The maximum absolute atomic E-state index is 12.4. The first-order chi connectivity index (χ1) is 8.44. The minimum absolute atomic E-state index is 0.0175. The summed E-state index contributed by atoms with van der Waals surface area (Å²) in [5.74, 6) is -0.0175. The number of rotatable bonds is 2. The number of carbonyl (C=O) groups is 1. The molecule has 1 aromatic carbocycles. The van der Waals surface area contributed by atoms with Gasteiger partial charge >= 0.3 is 0 Å². The number of benzene rings is 1. The van der Waals surface area contributed by atoms with Gasteiger partial charge in [-0.3, -0.25) is 4.79 Å². The molecular formula is C14H20N2O2. The molecule has 0 spiro atoms. The Hall–Kier alpha value is -1.39. The van der Waals surface area contributed by atoms with Gasteiger partial charge in [0.05, 0.1) is 12.6 Å². The molecule has 1 aromatic rings. The van der Waals surface area contributed by atoms with Gasteiger partial charge < -0.3 is 15.4 Å². The summed E-state index contributed by atoms with van der Waals surface area (Å²) in [5, 5.41) is 0. The molecule has 0 aromatic heterocycles. The van der Waals surface area contributed by atoms with E-state index in [0.29, 0.717) is 13.1 Å². The van der Waals surface area contributed by atoms with Crippen molar-refractivity contribution in [1.29, 1.82) is 0 Å². The van der Waals surface area contributed by atoms with E-state index in [1.807, 2.05) is 31.2 Å². The summed E-state index contributed by atoms with van der Waals surface area (Å²) in [6.07, 6.45) is -0.112. The number of carbonyl (C=O) groups excluding carboxylic acids is 1. The van der Waals surface area contributed by atoms with Crippen molar-refractivity contribution < 1.29 is 9.53 Å². The Morgan fingerprint density at radius 1 is 1.39 bits per heavy atom. The molecule has 18 heavy (non-hydrogen) atoms. The number of ether oxygens (including phenoxy) is 1. The third-order valence-electron chi connectivity index (χ3n) is 3.22. The Bertz CT molecular complexity index is 440. The quantitative estimate of drug-likeness (QED) is 0.862. The number of anilines is 1. The van der Waals surface area contributed by atoms with Gasteiger partial charge in [0.2, 0.25) is 0 Å². The number of morpholine rings is 1. The molecule has 1 amide bonds. The second kappa shape index (κ2) is 4.71. The smallest absolute Gasteiger partial charge is 0.258 e. The molecule has 0 saturated carbocycles. The molecule has 1 unspecified atom stereocenters. The highest BCUT2D eigenvalue weighted by Gasteiger charge is 2.41. The Labute approximate surface area is 108 Å². The topological polar surface area (TPSA) is 55.6 Å². The van der Waals surface area contributed by atoms with Crippen molar-refractivity contribution in [2.45, 2.75) is 32.5 Å². The zero-order chi connectivity index (χ0) is 13.3. The molecule has 1 heterocycles. The van der Waals surface area contributed by atoms with Gasteiger partial charge in [-0.15, -0.1) is 0 Å². The van der Waals surface area contributed by atoms with Crippen molar-refractivity contribution in [1.82, 2.24) is 0 Å². The Balaban J connectivity index is 2.30. The van der Waals surface area contributed by atoms with Crippen LogP contribution in [0.15, 0.2) is 24.3 Å². The van der Waals surface area contributed by atoms with E-state index in [1.165, 1.54) is 5.56 Å². The van der Waals surface area contributed by atoms with E-state index in [2.05, 4.69) is 0 Å². The van der Waals surface area contributed by atoms with Crippen molar-refractivity contribution in [2.75, 3.05) is 18.0 Å². The lowest BCUT2D eigenvalue weighted by atomic mass is 10.0. The van der Waals surface area contributed by atoms with Gasteiger partial charge in [0, 0.05) is 12.2 Å². The average Bonchev–Trinajstić information content (AvgIpc) is 2.33. The van der Waals surface area contributed by atoms with Crippen LogP contribution < -0.4 is 10.6 Å². The molecule has 0 bridgehead atoms. The van der Waals surface area contributed by atoms with Gasteiger partial charge in [-0.05, 0) is 32.9 Å². The van der Waals surface area contributed by atoms with Crippen LogP contribution in [0.3, 0.4) is 0 Å². The third-order valence-corrected chi connectivity index (χ3v) is 3.22. The average molecular weight is 248 g/mol. The van der Waals surface area contributed by atoms with Crippen molar-refractivity contribution in [3.05, 3.63) is 29.8 Å². The van der Waals surface area contributed by atoms with Crippen LogP contribution >= 0.6 is 0 Å². The van der Waals surface area contributed by atoms with Crippen LogP contribution in [0.25, 0.3) is 0 Å². The minimum Gasteiger partial charge on any atom is -0.359 e. The van der Waals surface area contributed by atoms with Crippen molar-refractivity contribution >= 4 is 11.6 Å². The Kier molecular flexibility index (Phi) is 3.41. The minimum atomic E-state index is -0.812. The summed E-state index contributed by atoms with van der Waals surface area (Å²) >= 11 is 0. The van der Waals surface area contributed by atoms with Gasteiger partial charge in [-0.2, -0.15) is 0 Å². The standard InChI is InChI=1S/C14H20N2O2/c1-10-4-6-11(7-5-10)16-9-12(8-15)18-14(2,3)13(16)17/h4-7,12H,8-9,15H2,1-3H3. The summed E-state index contributed by atoms with van der Waals surface area (Å²) in [4.78, 5) is 14.1. The summed E-state index contributed by atoms with van der Waals surface area (Å²) in [7, 11) is 0. The van der Waals surface area contributed by atoms with Crippen LogP contribution in [-0.4, -0.2) is 30.7 Å². The fourth-order valence-electron chi connectivity index (χ4n) is 2.19. The molecule has 2 rings (SSSR count). The van der Waals surface area contributed by atoms with Gasteiger partial charge in [-0.1, -0.05) is 17.7 Å². The lowest BCUT2D eigenvalue weighted by molar-refractivity contribution is -0.153. The zero-order valence-electron chi connectivity index (χ0n) is 11.1. The largest absolute Gasteiger partial charge is 0.359 e. The van der Waals surface area contributed by atoms with Gasteiger partial charge in [0.15, 0.2) is 0 Å². The maximum Gasteiger partial charge on any atom is 0.258 e. The van der Waals surface area contributed by atoms with Crippen molar-refractivity contribution in [2.24, 2.45) is 5.73 Å². The summed E-state index contributed by atoms with van der Waals surface area (Å²) in [6, 6.07) is 7.93. The molecule has 1 saturated heterocycles. The summed E-state index contributed by atoms with van der Waals surface area (Å²) < 4.78 is 5.69. The van der Waals surface area contributed by atoms with E-state index >= 15 is 0 Å². The molecule has 1 fully saturated rings. The molecule has 4 heteroatoms. The number of aryl methyl sites for hydroxylation is 1. The van der Waals surface area contributed by atoms with Gasteiger partial charge in [0.25, 0.3) is 5.91 Å². The molecule has 2 N–H and O–H groups in total. The number of hydrogen-bond donors (Lipinski definition) is 1. The number of nitrogens with zero attached hydrogens (tertiary/aromatic N) is 1. The highest BCUT2D eigenvalue weighted by Crippen LogP contribution is 2.27. The second-order valence-corrected chi connectivity index (χ2v) is 5.24. The lowest BCUT2D eigenvalue weighted by Crippen LogP contribution is -2.59. The fourth-order valence-corrected chi connectivity index (χ4v) is 2.19. The van der Waals surface area contributed by atoms with E-state index in [-0.39, 0.29) is 12.0 Å². The number of amides is 1. The van der Waals surface area contributed by atoms with E-state index < -0.39 is 5.60 Å². The second-order valence-electron chi connectivity index (χ2n) is 5.24. The van der Waals surface area contributed by atoms with Crippen molar-refractivity contribution in [3.63, 3.8) is 0 Å². The van der Waals surface area contributed by atoms with Crippen LogP contribution in [0.1, 0.15) is 19.4 Å². The number of hydrogen-bond acceptors (Lipinski definition) is 3. The fraction of sp³-hybridized carbons (Fsp3) is 0.500. The SMILES string of the molecule is Cc1ccc(N2CC(CN)OC(C)(C)C2=O)cc1. The van der Waals surface area contributed by atoms with E-state index in [9.17, 15) is 4.79 Å². The van der Waals surface area contributed by atoms with Gasteiger partial charge in [0.1, 0.15) is 5.60 Å². The van der Waals surface area contributed by atoms with Crippen LogP contribution in [0.2, 0.25) is 0 Å². The van der Waals surface area contributed by atoms with Crippen molar-refractivity contribution in [3.8, 4) is 0 Å². The predicted octanol–water partition coefficient (Wildman–Crippen LogP) is 1.46. The third kappa shape index (κ3) is 2.40. The lowest BCUT2D eigenvalue weighted by Gasteiger charge is -2.41. The highest BCUT2D eigenvalue weighted by molar-refractivity contribution is 5.99. The zero-order valence-corrected chi connectivity index (χ0v) is 11.1. The predicted molar refractivity (Wildman–Crippen MR) is 71.5 cm³/mol. The monoisotopic (exact) mass is 248 g/mol. The Morgan fingerprint density at radius 3 is 2.56 bits per heavy atom. The molecular weight excluding hydrogens is 228 g/mol. The summed E-state index contributed by atoms with van der Waals surface area (Å²) in [5.41, 5.74) is 6.94. The molecule has 98 valence electrons. The highest BCUT2D eigenvalue weighted by atomic mass is 16.5. The molecule has 1 aliphatic rings. The first-order valence-electron chi connectivity index (χ1n) is 6.20. The van der Waals surface area contributed by atoms with E-state index in [4.69, 9.17) is 10.5 Å². The van der Waals surface area contributed by atoms with Crippen LogP contribution in [0.4, 0.5) is 5.69 Å². The van der Waals surface area contributed by atoms with Crippen LogP contribution in [0.5, 0.6) is 0 Å². The van der Waals surface area contributed by atoms with E-state index in [1.54, 1.807) is 18.7 Å². The molecule has 1 aliphatic heterocycles. The van der Waals surface area contributed by atoms with Crippen LogP contribution in [0, 0.1) is 6.92 Å². The maximum atomic E-state index is 12.4.